The minimum absolute atomic E-state index is 0.0538. The van der Waals surface area contributed by atoms with Gasteiger partial charge in [-0.2, -0.15) is 0 Å². The van der Waals surface area contributed by atoms with Crippen molar-refractivity contribution in [2.24, 2.45) is 0 Å². The predicted molar refractivity (Wildman–Crippen MR) is 57.8 cm³/mol. The second-order valence-electron chi connectivity index (χ2n) is 3.79. The van der Waals surface area contributed by atoms with Crippen molar-refractivity contribution in [2.45, 2.75) is 6.10 Å². The third-order valence-corrected chi connectivity index (χ3v) is 2.78. The van der Waals surface area contributed by atoms with Crippen molar-refractivity contribution in [1.29, 1.82) is 0 Å². The van der Waals surface area contributed by atoms with E-state index in [9.17, 15) is 0 Å². The van der Waals surface area contributed by atoms with Crippen molar-refractivity contribution in [1.82, 2.24) is 10.2 Å². The molecule has 2 heterocycles. The van der Waals surface area contributed by atoms with Gasteiger partial charge in [0.1, 0.15) is 11.9 Å². The van der Waals surface area contributed by atoms with Crippen molar-refractivity contribution in [3.05, 3.63) is 24.2 Å². The van der Waals surface area contributed by atoms with Gasteiger partial charge in [-0.1, -0.05) is 0 Å². The summed E-state index contributed by atoms with van der Waals surface area (Å²) in [4.78, 5) is 2.40. The van der Waals surface area contributed by atoms with Crippen LogP contribution in [0.15, 0.2) is 22.8 Å². The highest BCUT2D eigenvalue weighted by Crippen LogP contribution is 2.18. The van der Waals surface area contributed by atoms with Crippen LogP contribution in [0.4, 0.5) is 0 Å². The third kappa shape index (κ3) is 2.81. The van der Waals surface area contributed by atoms with Gasteiger partial charge in [-0.15, -0.1) is 0 Å². The third-order valence-electron chi connectivity index (χ3n) is 2.78. The van der Waals surface area contributed by atoms with Crippen LogP contribution in [-0.4, -0.2) is 44.7 Å². The molecule has 1 unspecified atom stereocenters. The van der Waals surface area contributed by atoms with Gasteiger partial charge in [-0.25, -0.2) is 0 Å². The zero-order valence-electron chi connectivity index (χ0n) is 9.11. The number of rotatable bonds is 4. The maximum atomic E-state index is 5.44. The number of ether oxygens (including phenoxy) is 1. The van der Waals surface area contributed by atoms with Crippen LogP contribution in [0.2, 0.25) is 0 Å². The van der Waals surface area contributed by atoms with Crippen LogP contribution in [0.3, 0.4) is 0 Å². The van der Waals surface area contributed by atoms with Gasteiger partial charge in [0.25, 0.3) is 0 Å². The van der Waals surface area contributed by atoms with Gasteiger partial charge in [0, 0.05) is 39.8 Å². The Bertz CT molecular complexity index is 268. The molecule has 1 aliphatic rings. The molecule has 15 heavy (non-hydrogen) atoms. The number of nitrogens with zero attached hydrogens (tertiary/aromatic N) is 1. The molecule has 1 N–H and O–H groups in total. The first-order valence-corrected chi connectivity index (χ1v) is 5.39. The van der Waals surface area contributed by atoms with Crippen molar-refractivity contribution >= 4 is 0 Å². The Morgan fingerprint density at radius 3 is 2.93 bits per heavy atom. The monoisotopic (exact) mass is 210 g/mol. The molecular formula is C11H18N2O2. The fourth-order valence-corrected chi connectivity index (χ4v) is 1.88. The molecule has 1 aromatic rings. The van der Waals surface area contributed by atoms with Crippen LogP contribution in [0.25, 0.3) is 0 Å². The van der Waals surface area contributed by atoms with E-state index >= 15 is 0 Å². The first kappa shape index (κ1) is 10.7. The maximum absolute atomic E-state index is 5.44. The van der Waals surface area contributed by atoms with E-state index in [0.29, 0.717) is 0 Å². The zero-order chi connectivity index (χ0) is 10.5. The van der Waals surface area contributed by atoms with Crippen molar-refractivity contribution in [2.75, 3.05) is 39.8 Å². The molecular weight excluding hydrogens is 192 g/mol. The molecule has 1 atom stereocenters. The SMILES string of the molecule is COC(CN1CCNCC1)c1ccco1. The highest BCUT2D eigenvalue weighted by Gasteiger charge is 2.19. The van der Waals surface area contributed by atoms with E-state index in [0.717, 1.165) is 38.5 Å². The first-order valence-electron chi connectivity index (χ1n) is 5.39. The summed E-state index contributed by atoms with van der Waals surface area (Å²) >= 11 is 0. The fraction of sp³-hybridized carbons (Fsp3) is 0.636. The average Bonchev–Trinajstić information content (AvgIpc) is 2.81. The summed E-state index contributed by atoms with van der Waals surface area (Å²) in [6.45, 7) is 5.20. The lowest BCUT2D eigenvalue weighted by Gasteiger charge is -2.29. The zero-order valence-corrected chi connectivity index (χ0v) is 9.11. The second-order valence-corrected chi connectivity index (χ2v) is 3.79. The van der Waals surface area contributed by atoms with Gasteiger partial charge < -0.3 is 14.5 Å². The fourth-order valence-electron chi connectivity index (χ4n) is 1.88. The summed E-state index contributed by atoms with van der Waals surface area (Å²) < 4.78 is 10.8. The van der Waals surface area contributed by atoms with Crippen LogP contribution in [0, 0.1) is 0 Å². The number of nitrogens with one attached hydrogen (secondary N) is 1. The van der Waals surface area contributed by atoms with E-state index in [-0.39, 0.29) is 6.10 Å². The number of piperazine rings is 1. The Hall–Kier alpha value is -0.840. The van der Waals surface area contributed by atoms with Gasteiger partial charge in [-0.05, 0) is 12.1 Å². The molecule has 84 valence electrons. The van der Waals surface area contributed by atoms with Crippen molar-refractivity contribution in [3.8, 4) is 0 Å². The number of hydrogen-bond donors (Lipinski definition) is 1. The van der Waals surface area contributed by atoms with Crippen molar-refractivity contribution < 1.29 is 9.15 Å². The number of methoxy groups -OCH3 is 1. The first-order chi connectivity index (χ1) is 7.40. The summed E-state index contributed by atoms with van der Waals surface area (Å²) in [5, 5.41) is 3.33. The molecule has 2 rings (SSSR count). The summed E-state index contributed by atoms with van der Waals surface area (Å²) in [5.41, 5.74) is 0. The maximum Gasteiger partial charge on any atom is 0.133 e. The molecule has 0 saturated carbocycles. The van der Waals surface area contributed by atoms with E-state index in [2.05, 4.69) is 10.2 Å². The molecule has 4 nitrogen and oxygen atoms in total. The smallest absolute Gasteiger partial charge is 0.133 e. The summed E-state index contributed by atoms with van der Waals surface area (Å²) in [5.74, 6) is 0.913. The molecule has 1 aromatic heterocycles. The molecule has 0 bridgehead atoms. The quantitative estimate of drug-likeness (QED) is 0.800. The van der Waals surface area contributed by atoms with E-state index in [4.69, 9.17) is 9.15 Å². The van der Waals surface area contributed by atoms with E-state index in [1.807, 2.05) is 12.1 Å². The Labute approximate surface area is 90.2 Å². The van der Waals surface area contributed by atoms with E-state index in [1.165, 1.54) is 0 Å². The lowest BCUT2D eigenvalue weighted by molar-refractivity contribution is 0.0445. The number of furan rings is 1. The van der Waals surface area contributed by atoms with Crippen LogP contribution < -0.4 is 5.32 Å². The number of hydrogen-bond acceptors (Lipinski definition) is 4. The van der Waals surface area contributed by atoms with E-state index in [1.54, 1.807) is 13.4 Å². The van der Waals surface area contributed by atoms with Crippen LogP contribution in [0.1, 0.15) is 11.9 Å². The Morgan fingerprint density at radius 1 is 1.53 bits per heavy atom. The van der Waals surface area contributed by atoms with Gasteiger partial charge in [-0.3, -0.25) is 4.90 Å². The minimum Gasteiger partial charge on any atom is -0.467 e. The molecule has 0 aliphatic carbocycles. The largest absolute Gasteiger partial charge is 0.467 e. The predicted octanol–water partition coefficient (Wildman–Crippen LogP) is 0.872. The molecule has 1 saturated heterocycles. The molecule has 0 aromatic carbocycles. The second kappa shape index (κ2) is 5.30. The Balaban J connectivity index is 1.90. The van der Waals surface area contributed by atoms with E-state index < -0.39 is 0 Å². The molecule has 0 amide bonds. The molecule has 0 spiro atoms. The lowest BCUT2D eigenvalue weighted by atomic mass is 10.2. The average molecular weight is 210 g/mol. The summed E-state index contributed by atoms with van der Waals surface area (Å²) in [6, 6.07) is 3.87. The topological polar surface area (TPSA) is 37.6 Å². The Morgan fingerprint density at radius 2 is 2.33 bits per heavy atom. The normalized spacial score (nSPS) is 20.3. The standard InChI is InChI=1S/C11H18N2O2/c1-14-11(10-3-2-8-15-10)9-13-6-4-12-5-7-13/h2-3,8,11-12H,4-7,9H2,1H3. The minimum atomic E-state index is 0.0538. The molecule has 0 radical (unpaired) electrons. The van der Waals surface area contributed by atoms with Gasteiger partial charge >= 0.3 is 0 Å². The summed E-state index contributed by atoms with van der Waals surface area (Å²) in [6.07, 6.45) is 1.75. The van der Waals surface area contributed by atoms with Crippen molar-refractivity contribution in [3.63, 3.8) is 0 Å². The Kier molecular flexibility index (Phi) is 3.77. The van der Waals surface area contributed by atoms with Gasteiger partial charge in [0.05, 0.1) is 6.26 Å². The molecule has 1 aliphatic heterocycles. The lowest BCUT2D eigenvalue weighted by Crippen LogP contribution is -2.45. The summed E-state index contributed by atoms with van der Waals surface area (Å²) in [7, 11) is 1.73. The van der Waals surface area contributed by atoms with Crippen LogP contribution in [0.5, 0.6) is 0 Å². The van der Waals surface area contributed by atoms with Crippen LogP contribution in [-0.2, 0) is 4.74 Å². The van der Waals surface area contributed by atoms with Gasteiger partial charge in [0.2, 0.25) is 0 Å². The molecule has 4 heteroatoms. The molecule has 1 fully saturated rings. The highest BCUT2D eigenvalue weighted by atomic mass is 16.5. The van der Waals surface area contributed by atoms with Crippen LogP contribution >= 0.6 is 0 Å². The highest BCUT2D eigenvalue weighted by molar-refractivity contribution is 5.03. The van der Waals surface area contributed by atoms with Gasteiger partial charge in [0.15, 0.2) is 0 Å².